The fraction of sp³-hybridized carbons (Fsp3) is 0.529. The predicted octanol–water partition coefficient (Wildman–Crippen LogP) is 3.67. The first-order valence-electron chi connectivity index (χ1n) is 7.23. The highest BCUT2D eigenvalue weighted by molar-refractivity contribution is 5.77. The molecule has 0 aliphatic rings. The van der Waals surface area contributed by atoms with Gasteiger partial charge in [-0.15, -0.1) is 0 Å². The van der Waals surface area contributed by atoms with Gasteiger partial charge in [-0.1, -0.05) is 29.8 Å². The number of carbonyl (C=O) groups is 2. The first kappa shape index (κ1) is 18.0. The Morgan fingerprint density at radius 2 is 1.59 bits per heavy atom. The first-order valence-corrected chi connectivity index (χ1v) is 7.23. The Hall–Kier alpha value is -2.04. The van der Waals surface area contributed by atoms with Gasteiger partial charge in [-0.05, 0) is 47.1 Å². The molecule has 5 nitrogen and oxygen atoms in total. The number of nitrogens with one attached hydrogen (secondary N) is 1. The fourth-order valence-electron chi connectivity index (χ4n) is 1.99. The van der Waals surface area contributed by atoms with Crippen molar-refractivity contribution < 1.29 is 19.4 Å². The van der Waals surface area contributed by atoms with Crippen LogP contribution < -0.4 is 5.32 Å². The zero-order valence-corrected chi connectivity index (χ0v) is 14.1. The molecule has 22 heavy (non-hydrogen) atoms. The number of aliphatic carboxylic acids is 1. The summed E-state index contributed by atoms with van der Waals surface area (Å²) in [6.07, 6.45) is -0.632. The Morgan fingerprint density at radius 3 is 2.00 bits per heavy atom. The summed E-state index contributed by atoms with van der Waals surface area (Å²) in [6, 6.07) is 6.72. The van der Waals surface area contributed by atoms with Crippen molar-refractivity contribution in [2.24, 2.45) is 5.41 Å². The van der Waals surface area contributed by atoms with Gasteiger partial charge in [0, 0.05) is 0 Å². The number of amides is 1. The number of aryl methyl sites for hydroxylation is 1. The van der Waals surface area contributed by atoms with Crippen LogP contribution in [0.15, 0.2) is 24.3 Å². The van der Waals surface area contributed by atoms with E-state index in [2.05, 4.69) is 5.32 Å². The van der Waals surface area contributed by atoms with Crippen LogP contribution in [0, 0.1) is 12.3 Å². The van der Waals surface area contributed by atoms with Gasteiger partial charge in [-0.3, -0.25) is 4.79 Å². The molecule has 1 aromatic carbocycles. The summed E-state index contributed by atoms with van der Waals surface area (Å²) in [5, 5.41) is 12.2. The highest BCUT2D eigenvalue weighted by atomic mass is 16.6. The summed E-state index contributed by atoms with van der Waals surface area (Å²) >= 11 is 0. The summed E-state index contributed by atoms with van der Waals surface area (Å²) in [7, 11) is 0. The molecule has 5 heteroatoms. The standard InChI is InChI=1S/C17H25NO4/c1-11-7-9-12(10-8-11)13(17(5,6)14(19)20)18-15(21)22-16(2,3)4/h7-10,13H,1-6H3,(H,18,21)(H,19,20). The maximum atomic E-state index is 12.1. The van der Waals surface area contributed by atoms with Crippen LogP contribution in [0.2, 0.25) is 0 Å². The Morgan fingerprint density at radius 1 is 1.09 bits per heavy atom. The van der Waals surface area contributed by atoms with E-state index in [1.807, 2.05) is 31.2 Å². The van der Waals surface area contributed by atoms with Crippen LogP contribution in [0.3, 0.4) is 0 Å². The average molecular weight is 307 g/mol. The number of carboxylic acids is 1. The molecule has 122 valence electrons. The van der Waals surface area contributed by atoms with E-state index in [0.29, 0.717) is 0 Å². The molecule has 1 aromatic rings. The third-order valence-corrected chi connectivity index (χ3v) is 3.34. The van der Waals surface area contributed by atoms with Gasteiger partial charge in [-0.25, -0.2) is 4.79 Å². The van der Waals surface area contributed by atoms with Crippen LogP contribution in [-0.4, -0.2) is 22.8 Å². The van der Waals surface area contributed by atoms with Crippen molar-refractivity contribution >= 4 is 12.1 Å². The minimum atomic E-state index is -1.17. The van der Waals surface area contributed by atoms with Gasteiger partial charge in [-0.2, -0.15) is 0 Å². The Balaban J connectivity index is 3.10. The summed E-state index contributed by atoms with van der Waals surface area (Å²) in [5.41, 5.74) is -0.0294. The summed E-state index contributed by atoms with van der Waals surface area (Å²) in [5.74, 6) is -0.992. The van der Waals surface area contributed by atoms with E-state index in [4.69, 9.17) is 4.74 Å². The number of hydrogen-bond donors (Lipinski definition) is 2. The molecule has 2 N–H and O–H groups in total. The lowest BCUT2D eigenvalue weighted by molar-refractivity contribution is -0.148. The molecule has 0 heterocycles. The normalized spacial score (nSPS) is 13.4. The Kier molecular flexibility index (Phi) is 5.22. The molecule has 0 aromatic heterocycles. The highest BCUT2D eigenvalue weighted by Crippen LogP contribution is 2.34. The minimum Gasteiger partial charge on any atom is -0.481 e. The fourth-order valence-corrected chi connectivity index (χ4v) is 1.99. The number of carboxylic acid groups (broad SMARTS) is 1. The molecule has 1 rings (SSSR count). The van der Waals surface area contributed by atoms with Gasteiger partial charge in [0.05, 0.1) is 11.5 Å². The molecule has 0 radical (unpaired) electrons. The van der Waals surface area contributed by atoms with Gasteiger partial charge in [0.2, 0.25) is 0 Å². The van der Waals surface area contributed by atoms with Crippen molar-refractivity contribution in [1.82, 2.24) is 5.32 Å². The lowest BCUT2D eigenvalue weighted by atomic mass is 9.80. The van der Waals surface area contributed by atoms with Crippen LogP contribution in [0.25, 0.3) is 0 Å². The zero-order chi connectivity index (χ0) is 17.1. The third kappa shape index (κ3) is 4.76. The van der Waals surface area contributed by atoms with E-state index in [1.165, 1.54) is 0 Å². The molecular formula is C17H25NO4. The second kappa shape index (κ2) is 6.38. The maximum Gasteiger partial charge on any atom is 0.408 e. The lowest BCUT2D eigenvalue weighted by Gasteiger charge is -2.32. The van der Waals surface area contributed by atoms with Crippen LogP contribution in [-0.2, 0) is 9.53 Å². The van der Waals surface area contributed by atoms with Crippen LogP contribution in [0.5, 0.6) is 0 Å². The van der Waals surface area contributed by atoms with Gasteiger partial charge >= 0.3 is 12.1 Å². The van der Waals surface area contributed by atoms with E-state index in [1.54, 1.807) is 34.6 Å². The zero-order valence-electron chi connectivity index (χ0n) is 14.1. The van der Waals surface area contributed by atoms with Gasteiger partial charge < -0.3 is 15.2 Å². The van der Waals surface area contributed by atoms with Gasteiger partial charge in [0.25, 0.3) is 0 Å². The van der Waals surface area contributed by atoms with Crippen molar-refractivity contribution in [3.63, 3.8) is 0 Å². The van der Waals surface area contributed by atoms with Crippen molar-refractivity contribution in [2.45, 2.75) is 53.2 Å². The largest absolute Gasteiger partial charge is 0.481 e. The number of hydrogen-bond acceptors (Lipinski definition) is 3. The number of benzene rings is 1. The van der Waals surface area contributed by atoms with Crippen molar-refractivity contribution in [1.29, 1.82) is 0 Å². The molecule has 0 saturated carbocycles. The van der Waals surface area contributed by atoms with E-state index in [0.717, 1.165) is 11.1 Å². The minimum absolute atomic E-state index is 0.632. The van der Waals surface area contributed by atoms with E-state index < -0.39 is 29.1 Å². The molecule has 1 atom stereocenters. The summed E-state index contributed by atoms with van der Waals surface area (Å²) in [4.78, 5) is 23.6. The van der Waals surface area contributed by atoms with Crippen molar-refractivity contribution in [3.05, 3.63) is 35.4 Å². The first-order chi connectivity index (χ1) is 9.93. The molecule has 0 fully saturated rings. The number of carbonyl (C=O) groups excluding carboxylic acids is 1. The Bertz CT molecular complexity index is 541. The van der Waals surface area contributed by atoms with E-state index in [9.17, 15) is 14.7 Å². The van der Waals surface area contributed by atoms with E-state index >= 15 is 0 Å². The van der Waals surface area contributed by atoms with Crippen LogP contribution in [0.4, 0.5) is 4.79 Å². The van der Waals surface area contributed by atoms with Crippen LogP contribution >= 0.6 is 0 Å². The third-order valence-electron chi connectivity index (χ3n) is 3.34. The molecule has 0 bridgehead atoms. The predicted molar refractivity (Wildman–Crippen MR) is 84.7 cm³/mol. The highest BCUT2D eigenvalue weighted by Gasteiger charge is 2.39. The molecule has 0 spiro atoms. The van der Waals surface area contributed by atoms with Gasteiger partial charge in [0.1, 0.15) is 5.60 Å². The number of ether oxygens (including phenoxy) is 1. The van der Waals surface area contributed by atoms with Gasteiger partial charge in [0.15, 0.2) is 0 Å². The summed E-state index contributed by atoms with van der Waals surface area (Å²) in [6.45, 7) is 10.4. The molecule has 0 saturated heterocycles. The monoisotopic (exact) mass is 307 g/mol. The molecule has 1 unspecified atom stereocenters. The van der Waals surface area contributed by atoms with E-state index in [-0.39, 0.29) is 0 Å². The molecule has 0 aliphatic carbocycles. The molecular weight excluding hydrogens is 282 g/mol. The Labute approximate surface area is 131 Å². The second-order valence-corrected chi connectivity index (χ2v) is 7.02. The maximum absolute atomic E-state index is 12.1. The summed E-state index contributed by atoms with van der Waals surface area (Å²) < 4.78 is 5.25. The SMILES string of the molecule is Cc1ccc(C(NC(=O)OC(C)(C)C)C(C)(C)C(=O)O)cc1. The average Bonchev–Trinajstić information content (AvgIpc) is 2.34. The number of alkyl carbamates (subject to hydrolysis) is 1. The number of rotatable bonds is 4. The quantitative estimate of drug-likeness (QED) is 0.890. The smallest absolute Gasteiger partial charge is 0.408 e. The topological polar surface area (TPSA) is 75.6 Å². The van der Waals surface area contributed by atoms with Crippen molar-refractivity contribution in [2.75, 3.05) is 0 Å². The molecule has 1 amide bonds. The van der Waals surface area contributed by atoms with Crippen LogP contribution in [0.1, 0.15) is 51.8 Å². The molecule has 0 aliphatic heterocycles. The second-order valence-electron chi connectivity index (χ2n) is 7.02. The van der Waals surface area contributed by atoms with Crippen molar-refractivity contribution in [3.8, 4) is 0 Å². The lowest BCUT2D eigenvalue weighted by Crippen LogP contribution is -2.44.